The van der Waals surface area contributed by atoms with Crippen LogP contribution in [0.25, 0.3) is 5.82 Å². The quantitative estimate of drug-likeness (QED) is 0.211. The molecule has 1 aliphatic rings. The van der Waals surface area contributed by atoms with Crippen molar-refractivity contribution in [3.8, 4) is 5.82 Å². The van der Waals surface area contributed by atoms with Crippen LogP contribution in [0.4, 0.5) is 11.8 Å². The number of halogens is 2. The minimum atomic E-state index is -0.427. The first-order chi connectivity index (χ1) is 19.0. The maximum atomic E-state index is 13.5. The number of nitrogens with zero attached hydrogens (tertiary/aromatic N) is 4. The molecule has 2 aromatic heterocycles. The molecule has 1 saturated carbocycles. The molecule has 4 aromatic rings. The predicted molar refractivity (Wildman–Crippen MR) is 155 cm³/mol. The van der Waals surface area contributed by atoms with E-state index in [1.807, 2.05) is 65.4 Å². The average molecular weight is 565 g/mol. The molecule has 0 unspecified atom stereocenters. The zero-order chi connectivity index (χ0) is 27.0. The summed E-state index contributed by atoms with van der Waals surface area (Å²) in [5.74, 6) is 1.81. The van der Waals surface area contributed by atoms with Crippen LogP contribution in [0.3, 0.4) is 0 Å². The fourth-order valence-corrected chi connectivity index (χ4v) is 5.21. The van der Waals surface area contributed by atoms with Crippen LogP contribution >= 0.6 is 23.2 Å². The van der Waals surface area contributed by atoms with Crippen molar-refractivity contribution in [3.63, 3.8) is 0 Å². The molecular weight excluding hydrogens is 533 g/mol. The summed E-state index contributed by atoms with van der Waals surface area (Å²) in [4.78, 5) is 27.1. The monoisotopic (exact) mass is 563 g/mol. The highest BCUT2D eigenvalue weighted by Crippen LogP contribution is 2.29. The summed E-state index contributed by atoms with van der Waals surface area (Å²) < 4.78 is 1.81. The lowest BCUT2D eigenvalue weighted by Gasteiger charge is -2.30. The number of carbonyl (C=O) groups is 1. The third-order valence-corrected chi connectivity index (χ3v) is 7.40. The van der Waals surface area contributed by atoms with Crippen LogP contribution < -0.4 is 16.0 Å². The van der Waals surface area contributed by atoms with Gasteiger partial charge in [-0.2, -0.15) is 9.97 Å². The van der Waals surface area contributed by atoms with Gasteiger partial charge in [0.1, 0.15) is 24.0 Å². The van der Waals surface area contributed by atoms with E-state index in [1.165, 1.54) is 6.42 Å². The van der Waals surface area contributed by atoms with E-state index in [1.54, 1.807) is 12.5 Å². The molecule has 8 nitrogen and oxygen atoms in total. The number of amides is 1. The first-order valence-electron chi connectivity index (χ1n) is 13.2. The Bertz CT molecular complexity index is 1370. The third kappa shape index (κ3) is 7.49. The first-order valence-corrected chi connectivity index (χ1v) is 13.9. The van der Waals surface area contributed by atoms with Crippen molar-refractivity contribution in [1.29, 1.82) is 0 Å². The molecule has 39 heavy (non-hydrogen) atoms. The lowest BCUT2D eigenvalue weighted by Crippen LogP contribution is -2.45. The Kier molecular flexibility index (Phi) is 8.96. The maximum Gasteiger partial charge on any atom is 0.243 e. The molecule has 0 saturated heterocycles. The Labute approximate surface area is 238 Å². The predicted octanol–water partition coefficient (Wildman–Crippen LogP) is 6.26. The van der Waals surface area contributed by atoms with Gasteiger partial charge in [0.15, 0.2) is 0 Å². The number of carbonyl (C=O) groups excluding carboxylic acids is 1. The van der Waals surface area contributed by atoms with Gasteiger partial charge in [-0.1, -0.05) is 66.7 Å². The van der Waals surface area contributed by atoms with Crippen molar-refractivity contribution < 1.29 is 4.79 Å². The van der Waals surface area contributed by atoms with Gasteiger partial charge in [0.05, 0.1) is 0 Å². The zero-order valence-corrected chi connectivity index (χ0v) is 23.0. The van der Waals surface area contributed by atoms with E-state index < -0.39 is 6.04 Å². The van der Waals surface area contributed by atoms with Crippen LogP contribution in [0, 0.1) is 5.92 Å². The minimum Gasteiger partial charge on any atom is -0.358 e. The van der Waals surface area contributed by atoms with Gasteiger partial charge in [0.25, 0.3) is 0 Å². The summed E-state index contributed by atoms with van der Waals surface area (Å²) in [6, 6.07) is 16.6. The summed E-state index contributed by atoms with van der Waals surface area (Å²) in [7, 11) is 0. The van der Waals surface area contributed by atoms with Crippen LogP contribution in [0.15, 0.2) is 73.3 Å². The molecule has 1 amide bonds. The number of anilines is 2. The Balaban J connectivity index is 1.37. The minimum absolute atomic E-state index is 0.0481. The van der Waals surface area contributed by atoms with E-state index in [9.17, 15) is 4.79 Å². The third-order valence-electron chi connectivity index (χ3n) is 6.91. The van der Waals surface area contributed by atoms with Crippen LogP contribution in [0.1, 0.15) is 43.2 Å². The second-order valence-corrected chi connectivity index (χ2v) is 10.6. The molecule has 1 aliphatic carbocycles. The van der Waals surface area contributed by atoms with Crippen LogP contribution in [0.2, 0.25) is 10.0 Å². The lowest BCUT2D eigenvalue weighted by atomic mass is 9.83. The van der Waals surface area contributed by atoms with E-state index in [0.29, 0.717) is 40.7 Å². The highest BCUT2D eigenvalue weighted by atomic mass is 35.5. The highest BCUT2D eigenvalue weighted by Gasteiger charge is 2.30. The fraction of sp³-hybridized carbons (Fsp3) is 0.310. The standard InChI is InChI=1S/C29H31Cl2N7O/c30-23-11-9-20(10-12-23)17-33-28(39)27(22-6-2-1-3-7-22)35-25-16-26(38-14-13-32-19-38)37-29(36-25)34-18-21-5-4-8-24(31)15-21/h4-5,8-16,19,22,27H,1-3,6-7,17-18H2,(H,33,39)(H2,34,35,36,37)/t27-/m1/s1. The summed E-state index contributed by atoms with van der Waals surface area (Å²) in [6.45, 7) is 0.929. The summed E-state index contributed by atoms with van der Waals surface area (Å²) >= 11 is 12.2. The van der Waals surface area contributed by atoms with Gasteiger partial charge >= 0.3 is 0 Å². The molecule has 10 heteroatoms. The van der Waals surface area contributed by atoms with Crippen LogP contribution in [0.5, 0.6) is 0 Å². The molecule has 202 valence electrons. The van der Waals surface area contributed by atoms with Gasteiger partial charge in [-0.05, 0) is 54.2 Å². The van der Waals surface area contributed by atoms with E-state index in [-0.39, 0.29) is 11.8 Å². The summed E-state index contributed by atoms with van der Waals surface area (Å²) in [5, 5.41) is 11.2. The molecule has 1 atom stereocenters. The van der Waals surface area contributed by atoms with Gasteiger partial charge in [-0.15, -0.1) is 0 Å². The van der Waals surface area contributed by atoms with E-state index in [0.717, 1.165) is 36.8 Å². The largest absolute Gasteiger partial charge is 0.358 e. The maximum absolute atomic E-state index is 13.5. The van der Waals surface area contributed by atoms with Crippen molar-refractivity contribution in [1.82, 2.24) is 24.8 Å². The smallest absolute Gasteiger partial charge is 0.243 e. The van der Waals surface area contributed by atoms with Crippen molar-refractivity contribution in [2.45, 2.75) is 51.2 Å². The number of hydrogen-bond donors (Lipinski definition) is 3. The Morgan fingerprint density at radius 3 is 2.51 bits per heavy atom. The van der Waals surface area contributed by atoms with E-state index in [2.05, 4.69) is 25.9 Å². The number of nitrogens with one attached hydrogen (secondary N) is 3. The molecule has 0 aliphatic heterocycles. The van der Waals surface area contributed by atoms with Crippen molar-refractivity contribution >= 4 is 40.9 Å². The molecule has 3 N–H and O–H groups in total. The van der Waals surface area contributed by atoms with Crippen LogP contribution in [-0.4, -0.2) is 31.5 Å². The van der Waals surface area contributed by atoms with Gasteiger partial charge < -0.3 is 16.0 Å². The van der Waals surface area contributed by atoms with Crippen molar-refractivity contribution in [2.75, 3.05) is 10.6 Å². The Hall–Kier alpha value is -3.62. The molecule has 1 fully saturated rings. The summed E-state index contributed by atoms with van der Waals surface area (Å²) in [6.07, 6.45) is 10.6. The van der Waals surface area contributed by atoms with Crippen molar-refractivity contribution in [3.05, 3.63) is 94.5 Å². The number of rotatable bonds is 10. The lowest BCUT2D eigenvalue weighted by molar-refractivity contribution is -0.123. The van der Waals surface area contributed by atoms with Gasteiger partial charge in [-0.3, -0.25) is 9.36 Å². The number of aromatic nitrogens is 4. The van der Waals surface area contributed by atoms with E-state index >= 15 is 0 Å². The second-order valence-electron chi connectivity index (χ2n) is 9.75. The Morgan fingerprint density at radius 1 is 0.949 bits per heavy atom. The number of benzene rings is 2. The first kappa shape index (κ1) is 27.0. The zero-order valence-electron chi connectivity index (χ0n) is 21.5. The van der Waals surface area contributed by atoms with Crippen LogP contribution in [-0.2, 0) is 17.9 Å². The Morgan fingerprint density at radius 2 is 1.77 bits per heavy atom. The number of hydrogen-bond acceptors (Lipinski definition) is 6. The fourth-order valence-electron chi connectivity index (χ4n) is 4.87. The molecule has 5 rings (SSSR count). The topological polar surface area (TPSA) is 96.8 Å². The molecular formula is C29H31Cl2N7O. The molecule has 2 aromatic carbocycles. The number of imidazole rings is 1. The normalized spacial score (nSPS) is 14.5. The van der Waals surface area contributed by atoms with Gasteiger partial charge in [0.2, 0.25) is 11.9 Å². The summed E-state index contributed by atoms with van der Waals surface area (Å²) in [5.41, 5.74) is 2.00. The van der Waals surface area contributed by atoms with Gasteiger partial charge in [0, 0.05) is 41.6 Å². The second kappa shape index (κ2) is 13.0. The molecule has 0 radical (unpaired) electrons. The van der Waals surface area contributed by atoms with Gasteiger partial charge in [-0.25, -0.2) is 4.98 Å². The molecule has 0 bridgehead atoms. The average Bonchev–Trinajstić information content (AvgIpc) is 3.50. The molecule has 2 heterocycles. The highest BCUT2D eigenvalue weighted by molar-refractivity contribution is 6.30. The van der Waals surface area contributed by atoms with E-state index in [4.69, 9.17) is 28.2 Å². The molecule has 0 spiro atoms. The SMILES string of the molecule is O=C(NCc1ccc(Cl)cc1)[C@H](Nc1cc(-n2ccnc2)nc(NCc2cccc(Cl)c2)n1)C1CCCCC1. The van der Waals surface area contributed by atoms with Crippen molar-refractivity contribution in [2.24, 2.45) is 5.92 Å².